The van der Waals surface area contributed by atoms with Crippen molar-refractivity contribution in [3.63, 3.8) is 0 Å². The molecule has 1 atom stereocenters. The van der Waals surface area contributed by atoms with Gasteiger partial charge in [-0.3, -0.25) is 0 Å². The van der Waals surface area contributed by atoms with Crippen molar-refractivity contribution in [3.05, 3.63) is 35.9 Å². The molecule has 0 aromatic heterocycles. The average Bonchev–Trinajstić information content (AvgIpc) is 2.05. The first-order valence-electron chi connectivity index (χ1n) is 3.27. The highest BCUT2D eigenvalue weighted by molar-refractivity contribution is 8.93. The van der Waals surface area contributed by atoms with Crippen LogP contribution in [0.15, 0.2) is 30.3 Å². The van der Waals surface area contributed by atoms with Crippen LogP contribution in [-0.4, -0.2) is 11.7 Å². The summed E-state index contributed by atoms with van der Waals surface area (Å²) < 4.78 is 0. The maximum atomic E-state index is 9.20. The molecule has 0 heterocycles. The van der Waals surface area contributed by atoms with Crippen LogP contribution in [0.1, 0.15) is 11.7 Å². The lowest BCUT2D eigenvalue weighted by Crippen LogP contribution is -2.10. The molecule has 3 N–H and O–H groups in total. The SMILES string of the molecule is Br.NCC(O)c1ccccc1. The number of benzene rings is 1. The third-order valence-electron chi connectivity index (χ3n) is 1.41. The van der Waals surface area contributed by atoms with Gasteiger partial charge in [-0.05, 0) is 5.56 Å². The number of hydrogen-bond donors (Lipinski definition) is 2. The molecule has 0 radical (unpaired) electrons. The molecule has 62 valence electrons. The van der Waals surface area contributed by atoms with Gasteiger partial charge in [0.05, 0.1) is 6.10 Å². The van der Waals surface area contributed by atoms with Gasteiger partial charge in [-0.1, -0.05) is 30.3 Å². The van der Waals surface area contributed by atoms with E-state index in [4.69, 9.17) is 5.73 Å². The van der Waals surface area contributed by atoms with Crippen LogP contribution in [0.5, 0.6) is 0 Å². The highest BCUT2D eigenvalue weighted by atomic mass is 79.9. The lowest BCUT2D eigenvalue weighted by atomic mass is 10.1. The second kappa shape index (κ2) is 5.29. The topological polar surface area (TPSA) is 46.2 Å². The molecule has 0 aliphatic rings. The lowest BCUT2D eigenvalue weighted by molar-refractivity contribution is 0.187. The zero-order chi connectivity index (χ0) is 7.40. The molecule has 3 heteroatoms. The Kier molecular flexibility index (Phi) is 5.11. The van der Waals surface area contributed by atoms with Gasteiger partial charge in [0.15, 0.2) is 0 Å². The van der Waals surface area contributed by atoms with Gasteiger partial charge in [-0.2, -0.15) is 0 Å². The van der Waals surface area contributed by atoms with Crippen molar-refractivity contribution in [3.8, 4) is 0 Å². The number of rotatable bonds is 2. The highest BCUT2D eigenvalue weighted by Crippen LogP contribution is 2.08. The van der Waals surface area contributed by atoms with E-state index in [1.807, 2.05) is 30.3 Å². The van der Waals surface area contributed by atoms with E-state index in [1.165, 1.54) is 0 Å². The van der Waals surface area contributed by atoms with Crippen LogP contribution >= 0.6 is 17.0 Å². The van der Waals surface area contributed by atoms with E-state index in [9.17, 15) is 5.11 Å². The van der Waals surface area contributed by atoms with Crippen LogP contribution < -0.4 is 5.73 Å². The van der Waals surface area contributed by atoms with Crippen molar-refractivity contribution in [2.45, 2.75) is 6.10 Å². The fourth-order valence-electron chi connectivity index (χ4n) is 0.811. The molecule has 0 spiro atoms. The van der Waals surface area contributed by atoms with Gasteiger partial charge in [-0.25, -0.2) is 0 Å². The van der Waals surface area contributed by atoms with Crippen molar-refractivity contribution in [1.29, 1.82) is 0 Å². The number of aliphatic hydroxyl groups excluding tert-OH is 1. The van der Waals surface area contributed by atoms with E-state index in [0.717, 1.165) is 5.56 Å². The van der Waals surface area contributed by atoms with Crippen LogP contribution in [-0.2, 0) is 0 Å². The van der Waals surface area contributed by atoms with Gasteiger partial charge in [-0.15, -0.1) is 17.0 Å². The number of hydrogen-bond acceptors (Lipinski definition) is 2. The number of halogens is 1. The molecule has 2 nitrogen and oxygen atoms in total. The molecule has 1 rings (SSSR count). The maximum Gasteiger partial charge on any atom is 0.0912 e. The first kappa shape index (κ1) is 10.6. The second-order valence-corrected chi connectivity index (χ2v) is 2.16. The normalized spacial score (nSPS) is 11.8. The Labute approximate surface area is 76.8 Å². The molecular formula is C8H12BrNO. The van der Waals surface area contributed by atoms with Gasteiger partial charge in [0.2, 0.25) is 0 Å². The Morgan fingerprint density at radius 3 is 2.27 bits per heavy atom. The van der Waals surface area contributed by atoms with Crippen molar-refractivity contribution >= 4 is 17.0 Å². The molecular weight excluding hydrogens is 206 g/mol. The molecule has 0 saturated heterocycles. The minimum Gasteiger partial charge on any atom is -0.387 e. The number of aliphatic hydroxyl groups is 1. The summed E-state index contributed by atoms with van der Waals surface area (Å²) in [6, 6.07) is 9.39. The van der Waals surface area contributed by atoms with Crippen LogP contribution in [0.3, 0.4) is 0 Å². The standard InChI is InChI=1S/C8H11NO.BrH/c9-6-8(10)7-4-2-1-3-5-7;/h1-5,8,10H,6,9H2;1H. The third kappa shape index (κ3) is 3.01. The second-order valence-electron chi connectivity index (χ2n) is 2.16. The lowest BCUT2D eigenvalue weighted by Gasteiger charge is -2.05. The van der Waals surface area contributed by atoms with E-state index < -0.39 is 6.10 Å². The van der Waals surface area contributed by atoms with Crippen molar-refractivity contribution in [1.82, 2.24) is 0 Å². The molecule has 0 bridgehead atoms. The predicted molar refractivity (Wildman–Crippen MR) is 50.8 cm³/mol. The molecule has 1 aromatic carbocycles. The molecule has 0 aliphatic heterocycles. The van der Waals surface area contributed by atoms with E-state index in [0.29, 0.717) is 0 Å². The van der Waals surface area contributed by atoms with Crippen LogP contribution in [0, 0.1) is 0 Å². The summed E-state index contributed by atoms with van der Waals surface area (Å²) in [4.78, 5) is 0. The number of nitrogens with two attached hydrogens (primary N) is 1. The summed E-state index contributed by atoms with van der Waals surface area (Å²) >= 11 is 0. The summed E-state index contributed by atoms with van der Waals surface area (Å²) in [6.45, 7) is 0.282. The maximum absolute atomic E-state index is 9.20. The quantitative estimate of drug-likeness (QED) is 0.784. The van der Waals surface area contributed by atoms with Gasteiger partial charge < -0.3 is 10.8 Å². The summed E-state index contributed by atoms with van der Waals surface area (Å²) in [7, 11) is 0. The van der Waals surface area contributed by atoms with Crippen molar-refractivity contribution in [2.24, 2.45) is 5.73 Å². The van der Waals surface area contributed by atoms with E-state index in [2.05, 4.69) is 0 Å². The molecule has 0 fully saturated rings. The van der Waals surface area contributed by atoms with Crippen LogP contribution in [0.4, 0.5) is 0 Å². The Hall–Kier alpha value is -0.380. The van der Waals surface area contributed by atoms with Crippen molar-refractivity contribution < 1.29 is 5.11 Å². The largest absolute Gasteiger partial charge is 0.387 e. The minimum atomic E-state index is -0.513. The first-order valence-corrected chi connectivity index (χ1v) is 3.27. The molecule has 11 heavy (non-hydrogen) atoms. The van der Waals surface area contributed by atoms with Gasteiger partial charge in [0, 0.05) is 6.54 Å². The molecule has 0 aliphatic carbocycles. The minimum absolute atomic E-state index is 0. The fraction of sp³-hybridized carbons (Fsp3) is 0.250. The molecule has 1 aromatic rings. The fourth-order valence-corrected chi connectivity index (χ4v) is 0.811. The van der Waals surface area contributed by atoms with Crippen LogP contribution in [0.25, 0.3) is 0 Å². The molecule has 1 unspecified atom stereocenters. The van der Waals surface area contributed by atoms with Gasteiger partial charge in [0.1, 0.15) is 0 Å². The predicted octanol–water partition coefficient (Wildman–Crippen LogP) is 1.26. The first-order chi connectivity index (χ1) is 4.84. The summed E-state index contributed by atoms with van der Waals surface area (Å²) in [5, 5.41) is 9.20. The van der Waals surface area contributed by atoms with Crippen molar-refractivity contribution in [2.75, 3.05) is 6.54 Å². The van der Waals surface area contributed by atoms with Crippen LogP contribution in [0.2, 0.25) is 0 Å². The zero-order valence-electron chi connectivity index (χ0n) is 6.10. The van der Waals surface area contributed by atoms with Gasteiger partial charge in [0.25, 0.3) is 0 Å². The highest BCUT2D eigenvalue weighted by Gasteiger charge is 2.01. The Morgan fingerprint density at radius 1 is 1.27 bits per heavy atom. The summed E-state index contributed by atoms with van der Waals surface area (Å²) in [5.41, 5.74) is 6.13. The third-order valence-corrected chi connectivity index (χ3v) is 1.41. The Morgan fingerprint density at radius 2 is 1.82 bits per heavy atom. The smallest absolute Gasteiger partial charge is 0.0912 e. The Bertz CT molecular complexity index is 191. The average molecular weight is 218 g/mol. The Balaban J connectivity index is 0.000001000. The molecule has 0 amide bonds. The zero-order valence-corrected chi connectivity index (χ0v) is 7.82. The van der Waals surface area contributed by atoms with E-state index in [-0.39, 0.29) is 23.5 Å². The van der Waals surface area contributed by atoms with E-state index in [1.54, 1.807) is 0 Å². The summed E-state index contributed by atoms with van der Waals surface area (Å²) in [5.74, 6) is 0. The monoisotopic (exact) mass is 217 g/mol. The van der Waals surface area contributed by atoms with Gasteiger partial charge >= 0.3 is 0 Å². The molecule has 0 saturated carbocycles. The summed E-state index contributed by atoms with van der Waals surface area (Å²) in [6.07, 6.45) is -0.513. The van der Waals surface area contributed by atoms with E-state index >= 15 is 0 Å².